The summed E-state index contributed by atoms with van der Waals surface area (Å²) in [7, 11) is 1.61. The average Bonchev–Trinajstić information content (AvgIpc) is 2.76. The lowest BCUT2D eigenvalue weighted by Crippen LogP contribution is -2.34. The van der Waals surface area contributed by atoms with Crippen LogP contribution < -0.4 is 11.1 Å². The zero-order valence-corrected chi connectivity index (χ0v) is 11.3. The molecule has 0 radical (unpaired) electrons. The predicted octanol–water partition coefficient (Wildman–Crippen LogP) is 0.997. The number of nitrogens with two attached hydrogens (primary N) is 1. The fourth-order valence-corrected chi connectivity index (χ4v) is 2.56. The molecule has 104 valence electrons. The number of nitrogens with one attached hydrogen (secondary N) is 1. The molecule has 0 spiro atoms. The predicted molar refractivity (Wildman–Crippen MR) is 71.4 cm³/mol. The minimum Gasteiger partial charge on any atom is -0.377 e. The van der Waals surface area contributed by atoms with E-state index in [0.717, 1.165) is 30.8 Å². The molecule has 0 aromatic carbocycles. The van der Waals surface area contributed by atoms with Gasteiger partial charge in [0.15, 0.2) is 5.82 Å². The monoisotopic (exact) mass is 264 g/mol. The van der Waals surface area contributed by atoms with E-state index >= 15 is 0 Å². The van der Waals surface area contributed by atoms with Gasteiger partial charge >= 0.3 is 0 Å². The highest BCUT2D eigenvalue weighted by Gasteiger charge is 2.31. The van der Waals surface area contributed by atoms with E-state index in [9.17, 15) is 4.79 Å². The van der Waals surface area contributed by atoms with Crippen LogP contribution in [-0.4, -0.2) is 29.0 Å². The summed E-state index contributed by atoms with van der Waals surface area (Å²) in [6, 6.07) is 1.94. The number of ether oxygens (including phenoxy) is 1. The Morgan fingerprint density at radius 1 is 1.53 bits per heavy atom. The Morgan fingerprint density at radius 2 is 2.32 bits per heavy atom. The molecule has 2 atom stereocenters. The van der Waals surface area contributed by atoms with E-state index in [2.05, 4.69) is 15.3 Å². The molecule has 1 aromatic heterocycles. The highest BCUT2D eigenvalue weighted by molar-refractivity contribution is 5.78. The van der Waals surface area contributed by atoms with Gasteiger partial charge in [-0.05, 0) is 19.8 Å². The summed E-state index contributed by atoms with van der Waals surface area (Å²) in [5.74, 6) is 1.02. The summed E-state index contributed by atoms with van der Waals surface area (Å²) in [5, 5.41) is 3.30. The van der Waals surface area contributed by atoms with Gasteiger partial charge in [-0.15, -0.1) is 0 Å². The first-order valence-corrected chi connectivity index (χ1v) is 6.49. The molecule has 0 unspecified atom stereocenters. The molecule has 1 fully saturated rings. The molecule has 0 bridgehead atoms. The smallest absolute Gasteiger partial charge is 0.222 e. The van der Waals surface area contributed by atoms with Crippen LogP contribution in [0, 0.1) is 12.8 Å². The third-order valence-electron chi connectivity index (χ3n) is 3.39. The number of hydrogen-bond donors (Lipinski definition) is 2. The van der Waals surface area contributed by atoms with Gasteiger partial charge in [0.1, 0.15) is 12.4 Å². The number of carbonyl (C=O) groups is 1. The van der Waals surface area contributed by atoms with Crippen LogP contribution in [0.5, 0.6) is 0 Å². The van der Waals surface area contributed by atoms with Crippen molar-refractivity contribution in [2.75, 3.05) is 12.4 Å². The fourth-order valence-electron chi connectivity index (χ4n) is 2.56. The minimum absolute atomic E-state index is 0.0715. The standard InChI is InChI=1S/C13H20N4O2/c1-8-6-11(17-12(15-8)7-19-2)16-10-5-3-4-9(10)13(14)18/h6,9-10H,3-5,7H2,1-2H3,(H2,14,18)(H,15,16,17)/t9-,10+/m0/s1. The van der Waals surface area contributed by atoms with E-state index < -0.39 is 0 Å². The number of nitrogens with zero attached hydrogens (tertiary/aromatic N) is 2. The topological polar surface area (TPSA) is 90.1 Å². The summed E-state index contributed by atoms with van der Waals surface area (Å²) >= 11 is 0. The summed E-state index contributed by atoms with van der Waals surface area (Å²) in [4.78, 5) is 20.0. The van der Waals surface area contributed by atoms with E-state index in [0.29, 0.717) is 12.4 Å². The number of amides is 1. The summed E-state index contributed by atoms with van der Waals surface area (Å²) < 4.78 is 5.04. The fraction of sp³-hybridized carbons (Fsp3) is 0.615. The van der Waals surface area contributed by atoms with Gasteiger partial charge in [-0.3, -0.25) is 4.79 Å². The first-order chi connectivity index (χ1) is 9.10. The molecule has 1 amide bonds. The Balaban J connectivity index is 2.12. The van der Waals surface area contributed by atoms with E-state index in [4.69, 9.17) is 10.5 Å². The lowest BCUT2D eigenvalue weighted by molar-refractivity contribution is -0.121. The van der Waals surface area contributed by atoms with E-state index in [1.165, 1.54) is 0 Å². The number of rotatable bonds is 5. The lowest BCUT2D eigenvalue weighted by atomic mass is 10.0. The van der Waals surface area contributed by atoms with Crippen LogP contribution >= 0.6 is 0 Å². The first kappa shape index (κ1) is 13.7. The third-order valence-corrected chi connectivity index (χ3v) is 3.39. The Morgan fingerprint density at radius 3 is 3.00 bits per heavy atom. The summed E-state index contributed by atoms with van der Waals surface area (Å²) in [5.41, 5.74) is 6.29. The molecule has 0 aliphatic heterocycles. The lowest BCUT2D eigenvalue weighted by Gasteiger charge is -2.19. The zero-order valence-electron chi connectivity index (χ0n) is 11.3. The molecule has 1 aliphatic carbocycles. The molecule has 1 saturated carbocycles. The van der Waals surface area contributed by atoms with E-state index in [1.807, 2.05) is 13.0 Å². The van der Waals surface area contributed by atoms with Crippen LogP contribution in [-0.2, 0) is 16.1 Å². The first-order valence-electron chi connectivity index (χ1n) is 6.49. The zero-order chi connectivity index (χ0) is 13.8. The molecule has 3 N–H and O–H groups in total. The Kier molecular flexibility index (Phi) is 4.31. The van der Waals surface area contributed by atoms with Crippen LogP contribution in [0.15, 0.2) is 6.07 Å². The minimum atomic E-state index is -0.238. The van der Waals surface area contributed by atoms with Crippen LogP contribution in [0.4, 0.5) is 5.82 Å². The van der Waals surface area contributed by atoms with Crippen molar-refractivity contribution in [1.82, 2.24) is 9.97 Å². The number of aryl methyl sites for hydroxylation is 1. The molecule has 0 saturated heterocycles. The number of carbonyl (C=O) groups excluding carboxylic acids is 1. The van der Waals surface area contributed by atoms with Crippen molar-refractivity contribution in [3.8, 4) is 0 Å². The molecule has 1 aliphatic rings. The van der Waals surface area contributed by atoms with Crippen molar-refractivity contribution < 1.29 is 9.53 Å². The van der Waals surface area contributed by atoms with Crippen LogP contribution in [0.1, 0.15) is 30.8 Å². The quantitative estimate of drug-likeness (QED) is 0.828. The van der Waals surface area contributed by atoms with Gasteiger partial charge < -0.3 is 15.8 Å². The second kappa shape index (κ2) is 5.97. The van der Waals surface area contributed by atoms with Crippen molar-refractivity contribution in [1.29, 1.82) is 0 Å². The van der Waals surface area contributed by atoms with Gasteiger partial charge in [-0.25, -0.2) is 9.97 Å². The largest absolute Gasteiger partial charge is 0.377 e. The molecule has 1 heterocycles. The molecule has 2 rings (SSSR count). The van der Waals surface area contributed by atoms with Crippen LogP contribution in [0.3, 0.4) is 0 Å². The van der Waals surface area contributed by atoms with Crippen molar-refractivity contribution in [2.45, 2.75) is 38.8 Å². The highest BCUT2D eigenvalue weighted by atomic mass is 16.5. The van der Waals surface area contributed by atoms with E-state index in [-0.39, 0.29) is 17.9 Å². The maximum atomic E-state index is 11.4. The number of hydrogen-bond acceptors (Lipinski definition) is 5. The number of anilines is 1. The van der Waals surface area contributed by atoms with Gasteiger partial charge in [0, 0.05) is 24.9 Å². The van der Waals surface area contributed by atoms with Crippen LogP contribution in [0.2, 0.25) is 0 Å². The van der Waals surface area contributed by atoms with Gasteiger partial charge in [-0.2, -0.15) is 0 Å². The van der Waals surface area contributed by atoms with Gasteiger partial charge in [0.05, 0.1) is 5.92 Å². The second-order valence-corrected chi connectivity index (χ2v) is 4.93. The van der Waals surface area contributed by atoms with Gasteiger partial charge in [-0.1, -0.05) is 6.42 Å². The summed E-state index contributed by atoms with van der Waals surface area (Å²) in [6.07, 6.45) is 2.80. The molecule has 19 heavy (non-hydrogen) atoms. The number of primary amides is 1. The Hall–Kier alpha value is -1.69. The van der Waals surface area contributed by atoms with Crippen molar-refractivity contribution in [3.05, 3.63) is 17.6 Å². The molecule has 6 nitrogen and oxygen atoms in total. The van der Waals surface area contributed by atoms with Crippen molar-refractivity contribution in [3.63, 3.8) is 0 Å². The summed E-state index contributed by atoms with van der Waals surface area (Å²) in [6.45, 7) is 2.28. The Labute approximate surface area is 112 Å². The van der Waals surface area contributed by atoms with Gasteiger partial charge in [0.25, 0.3) is 0 Å². The van der Waals surface area contributed by atoms with E-state index in [1.54, 1.807) is 7.11 Å². The Bertz CT molecular complexity index is 464. The number of methoxy groups -OCH3 is 1. The van der Waals surface area contributed by atoms with Crippen molar-refractivity contribution >= 4 is 11.7 Å². The van der Waals surface area contributed by atoms with Gasteiger partial charge in [0.2, 0.25) is 5.91 Å². The van der Waals surface area contributed by atoms with Crippen molar-refractivity contribution in [2.24, 2.45) is 11.7 Å². The third kappa shape index (κ3) is 3.41. The molecular weight excluding hydrogens is 244 g/mol. The molecule has 1 aromatic rings. The maximum Gasteiger partial charge on any atom is 0.222 e. The highest BCUT2D eigenvalue weighted by Crippen LogP contribution is 2.28. The normalized spacial score (nSPS) is 22.4. The SMILES string of the molecule is COCc1nc(C)cc(N[C@@H]2CCC[C@@H]2C(N)=O)n1. The molecule has 6 heteroatoms. The maximum absolute atomic E-state index is 11.4. The van der Waals surface area contributed by atoms with Crippen LogP contribution in [0.25, 0.3) is 0 Å². The second-order valence-electron chi connectivity index (χ2n) is 4.93. The molecular formula is C13H20N4O2. The average molecular weight is 264 g/mol. The number of aromatic nitrogens is 2.